The van der Waals surface area contributed by atoms with Gasteiger partial charge in [0.2, 0.25) is 5.91 Å². The van der Waals surface area contributed by atoms with Gasteiger partial charge in [-0.15, -0.1) is 6.58 Å². The average molecular weight is 492 g/mol. The highest BCUT2D eigenvalue weighted by atomic mass is 16.2. The van der Waals surface area contributed by atoms with Gasteiger partial charge < -0.3 is 5.32 Å². The maximum Gasteiger partial charge on any atom is 0.261 e. The van der Waals surface area contributed by atoms with E-state index in [1.165, 1.54) is 11.0 Å². The van der Waals surface area contributed by atoms with E-state index >= 15 is 0 Å². The fourth-order valence-electron chi connectivity index (χ4n) is 4.55. The normalized spacial score (nSPS) is 12.7. The number of amides is 3. The first-order valence-corrected chi connectivity index (χ1v) is 11.9. The van der Waals surface area contributed by atoms with Crippen molar-refractivity contribution in [3.8, 4) is 0 Å². The van der Waals surface area contributed by atoms with Crippen molar-refractivity contribution in [1.29, 1.82) is 0 Å². The highest BCUT2D eigenvalue weighted by Crippen LogP contribution is 2.34. The molecule has 184 valence electrons. The molecule has 0 fully saturated rings. The molecule has 0 spiro atoms. The highest BCUT2D eigenvalue weighted by molar-refractivity contribution is 6.27. The van der Waals surface area contributed by atoms with Crippen LogP contribution in [0, 0.1) is 0 Å². The zero-order chi connectivity index (χ0) is 25.8. The minimum absolute atomic E-state index is 0.0983. The van der Waals surface area contributed by atoms with E-state index in [9.17, 15) is 14.4 Å². The van der Waals surface area contributed by atoms with Crippen molar-refractivity contribution in [2.45, 2.75) is 13.1 Å². The Kier molecular flexibility index (Phi) is 6.83. The van der Waals surface area contributed by atoms with Gasteiger partial charge in [-0.1, -0.05) is 30.3 Å². The summed E-state index contributed by atoms with van der Waals surface area (Å²) in [7, 11) is 0. The minimum atomic E-state index is -0.372. The summed E-state index contributed by atoms with van der Waals surface area (Å²) in [5.74, 6) is -0.971. The molecular weight excluding hydrogens is 466 g/mol. The topological polar surface area (TPSA) is 95.5 Å². The molecule has 37 heavy (non-hydrogen) atoms. The first-order chi connectivity index (χ1) is 18.0. The molecule has 0 atom stereocenters. The van der Waals surface area contributed by atoms with Gasteiger partial charge in [0.25, 0.3) is 11.8 Å². The number of aromatic nitrogens is 2. The molecule has 2 aromatic carbocycles. The van der Waals surface area contributed by atoms with Gasteiger partial charge in [0.05, 0.1) is 17.9 Å². The fraction of sp³-hybridized carbons (Fsp3) is 0.138. The Morgan fingerprint density at radius 2 is 1.51 bits per heavy atom. The van der Waals surface area contributed by atoms with E-state index in [-0.39, 0.29) is 30.8 Å². The van der Waals surface area contributed by atoms with Gasteiger partial charge in [-0.25, -0.2) is 0 Å². The number of nitrogens with zero attached hydrogens (tertiary/aromatic N) is 4. The van der Waals surface area contributed by atoms with Crippen molar-refractivity contribution in [2.75, 3.05) is 18.4 Å². The van der Waals surface area contributed by atoms with Gasteiger partial charge in [-0.3, -0.25) is 34.2 Å². The molecule has 4 aromatic rings. The number of rotatable bonds is 9. The predicted octanol–water partition coefficient (Wildman–Crippen LogP) is 4.05. The molecule has 0 aliphatic carbocycles. The zero-order valence-electron chi connectivity index (χ0n) is 20.1. The SMILES string of the molecule is C=CCN1C(=O)c2cccc3c(NC(=O)CN(Cc4ccccn4)Cc4ccccn4)ccc(c23)C1=O. The molecule has 0 bridgehead atoms. The van der Waals surface area contributed by atoms with Crippen LogP contribution in [0.2, 0.25) is 0 Å². The molecule has 5 rings (SSSR count). The molecule has 3 heterocycles. The smallest absolute Gasteiger partial charge is 0.261 e. The molecule has 1 N–H and O–H groups in total. The van der Waals surface area contributed by atoms with Crippen LogP contribution in [0.4, 0.5) is 5.69 Å². The van der Waals surface area contributed by atoms with Crippen LogP contribution >= 0.6 is 0 Å². The summed E-state index contributed by atoms with van der Waals surface area (Å²) in [6.07, 6.45) is 4.97. The standard InChI is InChI=1S/C29H25N5O3/c1-2-16-34-28(36)23-11-7-10-22-25(13-12-24(27(22)23)29(34)37)32-26(35)19-33(17-20-8-3-5-14-30-20)18-21-9-4-6-15-31-21/h2-15H,1,16-19H2,(H,32,35). The van der Waals surface area contributed by atoms with E-state index in [0.29, 0.717) is 40.7 Å². The Hall–Kier alpha value is -4.69. The molecule has 1 aliphatic rings. The Morgan fingerprint density at radius 1 is 0.865 bits per heavy atom. The molecular formula is C29H25N5O3. The first-order valence-electron chi connectivity index (χ1n) is 11.9. The zero-order valence-corrected chi connectivity index (χ0v) is 20.1. The van der Waals surface area contributed by atoms with Crippen LogP contribution in [0.5, 0.6) is 0 Å². The lowest BCUT2D eigenvalue weighted by molar-refractivity contribution is -0.117. The number of hydrogen-bond acceptors (Lipinski definition) is 6. The summed E-state index contributed by atoms with van der Waals surface area (Å²) in [6.45, 7) is 4.82. The van der Waals surface area contributed by atoms with Crippen LogP contribution in [0.15, 0.2) is 91.8 Å². The second-order valence-corrected chi connectivity index (χ2v) is 8.73. The van der Waals surface area contributed by atoms with Gasteiger partial charge in [0.1, 0.15) is 0 Å². The lowest BCUT2D eigenvalue weighted by Gasteiger charge is -2.27. The van der Waals surface area contributed by atoms with Gasteiger partial charge in [-0.05, 0) is 42.5 Å². The highest BCUT2D eigenvalue weighted by Gasteiger charge is 2.32. The van der Waals surface area contributed by atoms with E-state index in [4.69, 9.17) is 0 Å². The lowest BCUT2D eigenvalue weighted by Crippen LogP contribution is -2.40. The molecule has 0 radical (unpaired) electrons. The molecule has 2 aromatic heterocycles. The Labute approximate surface area is 214 Å². The maximum atomic E-state index is 13.2. The summed E-state index contributed by atoms with van der Waals surface area (Å²) in [5, 5.41) is 4.18. The number of pyridine rings is 2. The number of imide groups is 1. The Bertz CT molecular complexity index is 1420. The molecule has 1 aliphatic heterocycles. The van der Waals surface area contributed by atoms with Crippen molar-refractivity contribution in [3.63, 3.8) is 0 Å². The number of carbonyl (C=O) groups excluding carboxylic acids is 3. The summed E-state index contributed by atoms with van der Waals surface area (Å²) >= 11 is 0. The minimum Gasteiger partial charge on any atom is -0.324 e. The van der Waals surface area contributed by atoms with Gasteiger partial charge in [-0.2, -0.15) is 0 Å². The fourth-order valence-corrected chi connectivity index (χ4v) is 4.55. The number of anilines is 1. The largest absolute Gasteiger partial charge is 0.324 e. The number of nitrogens with one attached hydrogen (secondary N) is 1. The molecule has 8 nitrogen and oxygen atoms in total. The van der Waals surface area contributed by atoms with Crippen LogP contribution in [-0.2, 0) is 17.9 Å². The Morgan fingerprint density at radius 3 is 2.11 bits per heavy atom. The number of hydrogen-bond donors (Lipinski definition) is 1. The van der Waals surface area contributed by atoms with Gasteiger partial charge >= 0.3 is 0 Å². The average Bonchev–Trinajstić information content (AvgIpc) is 2.91. The summed E-state index contributed by atoms with van der Waals surface area (Å²) < 4.78 is 0. The third-order valence-corrected chi connectivity index (χ3v) is 6.17. The van der Waals surface area contributed by atoms with E-state index in [1.54, 1.807) is 42.7 Å². The van der Waals surface area contributed by atoms with Crippen LogP contribution in [0.25, 0.3) is 10.8 Å². The quantitative estimate of drug-likeness (QED) is 0.280. The van der Waals surface area contributed by atoms with Crippen molar-refractivity contribution in [1.82, 2.24) is 19.8 Å². The first kappa shape index (κ1) is 24.0. The second kappa shape index (κ2) is 10.5. The van der Waals surface area contributed by atoms with Crippen LogP contribution in [0.3, 0.4) is 0 Å². The van der Waals surface area contributed by atoms with Crippen molar-refractivity contribution in [3.05, 3.63) is 114 Å². The third kappa shape index (κ3) is 5.00. The second-order valence-electron chi connectivity index (χ2n) is 8.73. The van der Waals surface area contributed by atoms with Gasteiger partial charge in [0.15, 0.2) is 0 Å². The van der Waals surface area contributed by atoms with Crippen LogP contribution in [-0.4, -0.2) is 50.6 Å². The summed E-state index contributed by atoms with van der Waals surface area (Å²) in [4.78, 5) is 51.1. The molecule has 3 amide bonds. The van der Waals surface area contributed by atoms with Crippen LogP contribution in [0.1, 0.15) is 32.1 Å². The molecule has 0 saturated carbocycles. The van der Waals surface area contributed by atoms with Crippen molar-refractivity contribution < 1.29 is 14.4 Å². The van der Waals surface area contributed by atoms with E-state index in [0.717, 1.165) is 11.4 Å². The molecule has 8 heteroatoms. The molecule has 0 saturated heterocycles. The maximum absolute atomic E-state index is 13.2. The van der Waals surface area contributed by atoms with E-state index in [2.05, 4.69) is 21.9 Å². The molecule has 0 unspecified atom stereocenters. The van der Waals surface area contributed by atoms with E-state index in [1.807, 2.05) is 41.3 Å². The van der Waals surface area contributed by atoms with E-state index < -0.39 is 0 Å². The van der Waals surface area contributed by atoms with Gasteiger partial charge in [0, 0.05) is 59.6 Å². The summed E-state index contributed by atoms with van der Waals surface area (Å²) in [5.41, 5.74) is 3.08. The van der Waals surface area contributed by atoms with Crippen molar-refractivity contribution >= 4 is 34.2 Å². The monoisotopic (exact) mass is 491 g/mol. The summed E-state index contributed by atoms with van der Waals surface area (Å²) in [6, 6.07) is 20.0. The number of benzene rings is 2. The van der Waals surface area contributed by atoms with Crippen LogP contribution < -0.4 is 5.32 Å². The third-order valence-electron chi connectivity index (χ3n) is 6.17. The predicted molar refractivity (Wildman–Crippen MR) is 141 cm³/mol. The van der Waals surface area contributed by atoms with Crippen molar-refractivity contribution in [2.24, 2.45) is 0 Å². The lowest BCUT2D eigenvalue weighted by atomic mass is 9.93. The Balaban J connectivity index is 1.41. The number of carbonyl (C=O) groups is 3.